The lowest BCUT2D eigenvalue weighted by atomic mass is 10.2. The van der Waals surface area contributed by atoms with Crippen molar-refractivity contribution >= 4 is 28.5 Å². The Kier molecular flexibility index (Phi) is 3.20. The van der Waals surface area contributed by atoms with Gasteiger partial charge >= 0.3 is 5.97 Å². The Morgan fingerprint density at radius 1 is 1.47 bits per heavy atom. The van der Waals surface area contributed by atoms with E-state index in [4.69, 9.17) is 16.7 Å². The summed E-state index contributed by atoms with van der Waals surface area (Å²) in [5.74, 6) is -0.910. The molecule has 0 aliphatic heterocycles. The molecule has 0 fully saturated rings. The van der Waals surface area contributed by atoms with Gasteiger partial charge in [0.15, 0.2) is 0 Å². The van der Waals surface area contributed by atoms with Gasteiger partial charge in [-0.05, 0) is 18.6 Å². The third-order valence-electron chi connectivity index (χ3n) is 2.63. The van der Waals surface area contributed by atoms with E-state index in [0.29, 0.717) is 12.1 Å². The molecule has 1 aromatic heterocycles. The normalized spacial score (nSPS) is 12.0. The van der Waals surface area contributed by atoms with Crippen LogP contribution < -0.4 is 0 Å². The predicted octanol–water partition coefficient (Wildman–Crippen LogP) is 3.48. The quantitative estimate of drug-likeness (QED) is 0.905. The van der Waals surface area contributed by atoms with Gasteiger partial charge in [-0.15, -0.1) is 0 Å². The van der Waals surface area contributed by atoms with Gasteiger partial charge in [-0.25, -0.2) is 4.79 Å². The molecule has 17 heavy (non-hydrogen) atoms. The van der Waals surface area contributed by atoms with Crippen molar-refractivity contribution < 1.29 is 9.90 Å². The van der Waals surface area contributed by atoms with Gasteiger partial charge in [0.25, 0.3) is 0 Å². The molecular formula is C13H12ClNO2. The summed E-state index contributed by atoms with van der Waals surface area (Å²) >= 11 is 5.63. The maximum absolute atomic E-state index is 11.1. The molecular weight excluding hydrogens is 238 g/mol. The highest BCUT2D eigenvalue weighted by Gasteiger charge is 2.13. The van der Waals surface area contributed by atoms with Crippen molar-refractivity contribution in [2.45, 2.75) is 13.5 Å². The zero-order valence-electron chi connectivity index (χ0n) is 9.35. The van der Waals surface area contributed by atoms with Crippen LogP contribution >= 0.6 is 11.6 Å². The first-order valence-corrected chi connectivity index (χ1v) is 5.64. The standard InChI is InChI=1S/C13H12ClNO2/c1-9(6-14)7-15-8-11(13(16)17)10-4-2-3-5-12(10)15/h2-6,8H,7H2,1H3,(H,16,17)/b9-6-. The summed E-state index contributed by atoms with van der Waals surface area (Å²) in [6.07, 6.45) is 1.65. The average molecular weight is 250 g/mol. The number of carboxylic acid groups (broad SMARTS) is 1. The lowest BCUT2D eigenvalue weighted by molar-refractivity contribution is 0.0699. The number of aromatic nitrogens is 1. The van der Waals surface area contributed by atoms with Crippen LogP contribution in [0.5, 0.6) is 0 Å². The number of rotatable bonds is 3. The average Bonchev–Trinajstić information content (AvgIpc) is 2.68. The molecule has 0 unspecified atom stereocenters. The molecule has 1 N–H and O–H groups in total. The largest absolute Gasteiger partial charge is 0.478 e. The molecule has 88 valence electrons. The van der Waals surface area contributed by atoms with Gasteiger partial charge in [0.2, 0.25) is 0 Å². The van der Waals surface area contributed by atoms with Crippen LogP contribution in [-0.4, -0.2) is 15.6 Å². The number of fused-ring (bicyclic) bond motifs is 1. The lowest BCUT2D eigenvalue weighted by Crippen LogP contribution is -1.98. The van der Waals surface area contributed by atoms with Gasteiger partial charge in [-0.2, -0.15) is 0 Å². The van der Waals surface area contributed by atoms with E-state index in [1.807, 2.05) is 35.8 Å². The topological polar surface area (TPSA) is 42.2 Å². The number of carbonyl (C=O) groups is 1. The zero-order chi connectivity index (χ0) is 12.4. The number of allylic oxidation sites excluding steroid dienone is 1. The van der Waals surface area contributed by atoms with Crippen LogP contribution in [-0.2, 0) is 6.54 Å². The van der Waals surface area contributed by atoms with Crippen molar-refractivity contribution in [1.82, 2.24) is 4.57 Å². The highest BCUT2D eigenvalue weighted by molar-refractivity contribution is 6.25. The number of hydrogen-bond acceptors (Lipinski definition) is 1. The van der Waals surface area contributed by atoms with Crippen molar-refractivity contribution in [3.8, 4) is 0 Å². The number of benzene rings is 1. The van der Waals surface area contributed by atoms with Crippen molar-refractivity contribution in [1.29, 1.82) is 0 Å². The Morgan fingerprint density at radius 3 is 2.82 bits per heavy atom. The molecule has 2 aromatic rings. The molecule has 0 aliphatic carbocycles. The molecule has 1 heterocycles. The molecule has 1 aromatic carbocycles. The first-order chi connectivity index (χ1) is 8.13. The Morgan fingerprint density at radius 2 is 2.18 bits per heavy atom. The highest BCUT2D eigenvalue weighted by Crippen LogP contribution is 2.22. The monoisotopic (exact) mass is 249 g/mol. The molecule has 0 bridgehead atoms. The van der Waals surface area contributed by atoms with E-state index in [-0.39, 0.29) is 0 Å². The third kappa shape index (κ3) is 2.19. The second kappa shape index (κ2) is 4.63. The van der Waals surface area contributed by atoms with E-state index >= 15 is 0 Å². The van der Waals surface area contributed by atoms with Gasteiger partial charge in [-0.1, -0.05) is 29.8 Å². The predicted molar refractivity (Wildman–Crippen MR) is 68.5 cm³/mol. The minimum Gasteiger partial charge on any atom is -0.478 e. The van der Waals surface area contributed by atoms with Crippen LogP contribution in [0.15, 0.2) is 41.6 Å². The fraction of sp³-hybridized carbons (Fsp3) is 0.154. The van der Waals surface area contributed by atoms with Gasteiger partial charge < -0.3 is 9.67 Å². The Labute approximate surface area is 104 Å². The van der Waals surface area contributed by atoms with Crippen LogP contribution in [0.2, 0.25) is 0 Å². The fourth-order valence-corrected chi connectivity index (χ4v) is 1.92. The van der Waals surface area contributed by atoms with E-state index in [1.165, 1.54) is 5.54 Å². The summed E-state index contributed by atoms with van der Waals surface area (Å²) < 4.78 is 1.90. The number of hydrogen-bond donors (Lipinski definition) is 1. The van der Waals surface area contributed by atoms with Crippen molar-refractivity contribution in [2.24, 2.45) is 0 Å². The second-order valence-electron chi connectivity index (χ2n) is 3.95. The molecule has 0 saturated heterocycles. The van der Waals surface area contributed by atoms with Crippen LogP contribution in [0, 0.1) is 0 Å². The van der Waals surface area contributed by atoms with Gasteiger partial charge in [0.05, 0.1) is 5.56 Å². The third-order valence-corrected chi connectivity index (χ3v) is 3.00. The summed E-state index contributed by atoms with van der Waals surface area (Å²) in [4.78, 5) is 11.1. The van der Waals surface area contributed by atoms with Crippen LogP contribution in [0.3, 0.4) is 0 Å². The number of aromatic carboxylic acids is 1. The van der Waals surface area contributed by atoms with Crippen molar-refractivity contribution in [3.63, 3.8) is 0 Å². The van der Waals surface area contributed by atoms with E-state index in [0.717, 1.165) is 16.5 Å². The van der Waals surface area contributed by atoms with Crippen LogP contribution in [0.1, 0.15) is 17.3 Å². The highest BCUT2D eigenvalue weighted by atomic mass is 35.5. The Bertz CT molecular complexity index is 598. The van der Waals surface area contributed by atoms with Gasteiger partial charge in [-0.3, -0.25) is 0 Å². The second-order valence-corrected chi connectivity index (χ2v) is 4.17. The summed E-state index contributed by atoms with van der Waals surface area (Å²) in [6.45, 7) is 2.50. The molecule has 0 atom stereocenters. The maximum atomic E-state index is 11.1. The van der Waals surface area contributed by atoms with E-state index in [1.54, 1.807) is 6.20 Å². The molecule has 4 heteroatoms. The smallest absolute Gasteiger partial charge is 0.337 e. The molecule has 0 saturated carbocycles. The molecule has 2 rings (SSSR count). The maximum Gasteiger partial charge on any atom is 0.337 e. The first kappa shape index (κ1) is 11.7. The number of carboxylic acids is 1. The summed E-state index contributed by atoms with van der Waals surface area (Å²) in [5.41, 5.74) is 3.71. The Hall–Kier alpha value is -1.74. The van der Waals surface area contributed by atoms with E-state index < -0.39 is 5.97 Å². The minimum absolute atomic E-state index is 0.322. The number of para-hydroxylation sites is 1. The van der Waals surface area contributed by atoms with Crippen molar-refractivity contribution in [2.75, 3.05) is 0 Å². The summed E-state index contributed by atoms with van der Waals surface area (Å²) in [6, 6.07) is 7.45. The SMILES string of the molecule is C/C(=C/Cl)Cn1cc(C(=O)O)c2ccccc21. The Balaban J connectivity index is 2.60. The summed E-state index contributed by atoms with van der Waals surface area (Å²) in [5, 5.41) is 9.89. The lowest BCUT2D eigenvalue weighted by Gasteiger charge is -2.04. The van der Waals surface area contributed by atoms with Crippen molar-refractivity contribution in [3.05, 3.63) is 47.1 Å². The molecule has 0 radical (unpaired) electrons. The molecule has 3 nitrogen and oxygen atoms in total. The van der Waals surface area contributed by atoms with E-state index in [9.17, 15) is 4.79 Å². The van der Waals surface area contributed by atoms with Crippen LogP contribution in [0.4, 0.5) is 0 Å². The fourth-order valence-electron chi connectivity index (χ4n) is 1.85. The molecule has 0 aliphatic rings. The minimum atomic E-state index is -0.910. The number of halogens is 1. The van der Waals surface area contributed by atoms with Gasteiger partial charge in [0, 0.05) is 29.2 Å². The first-order valence-electron chi connectivity index (χ1n) is 5.20. The van der Waals surface area contributed by atoms with Crippen LogP contribution in [0.25, 0.3) is 10.9 Å². The molecule has 0 amide bonds. The van der Waals surface area contributed by atoms with Gasteiger partial charge in [0.1, 0.15) is 0 Å². The number of nitrogens with zero attached hydrogens (tertiary/aromatic N) is 1. The van der Waals surface area contributed by atoms with E-state index in [2.05, 4.69) is 0 Å². The zero-order valence-corrected chi connectivity index (χ0v) is 10.1. The summed E-state index contributed by atoms with van der Waals surface area (Å²) in [7, 11) is 0. The molecule has 0 spiro atoms.